The fraction of sp³-hybridized carbons (Fsp3) is 0.524. The van der Waals surface area contributed by atoms with E-state index in [1.807, 2.05) is 0 Å². The molecule has 0 aliphatic carbocycles. The average molecular weight is 400 g/mol. The molecule has 8 heteroatoms. The van der Waals surface area contributed by atoms with Gasteiger partial charge < -0.3 is 5.32 Å². The number of nitrogens with one attached hydrogen (secondary N) is 2. The van der Waals surface area contributed by atoms with Crippen LogP contribution in [0.15, 0.2) is 23.0 Å². The molecule has 0 saturated heterocycles. The minimum Gasteiger partial charge on any atom is -0.326 e. The van der Waals surface area contributed by atoms with Crippen molar-refractivity contribution in [2.45, 2.75) is 70.8 Å². The lowest BCUT2D eigenvalue weighted by atomic mass is 10.1. The lowest BCUT2D eigenvalue weighted by molar-refractivity contribution is -0.129. The summed E-state index contributed by atoms with van der Waals surface area (Å²) in [6.07, 6.45) is 7.70. The Bertz CT molecular complexity index is 938. The van der Waals surface area contributed by atoms with Crippen molar-refractivity contribution < 1.29 is 14.8 Å². The van der Waals surface area contributed by atoms with Crippen LogP contribution in [0.5, 0.6) is 0 Å². The van der Waals surface area contributed by atoms with E-state index >= 15 is 0 Å². The Morgan fingerprint density at radius 2 is 1.79 bits per heavy atom. The van der Waals surface area contributed by atoms with Gasteiger partial charge in [0.05, 0.1) is 10.9 Å². The number of fused-ring (bicyclic) bond motifs is 2. The monoisotopic (exact) mass is 400 g/mol. The third-order valence-electron chi connectivity index (χ3n) is 5.28. The molecule has 29 heavy (non-hydrogen) atoms. The minimum atomic E-state index is -0.388. The molecule has 0 saturated carbocycles. The van der Waals surface area contributed by atoms with E-state index in [0.29, 0.717) is 36.0 Å². The second kappa shape index (κ2) is 10.2. The maximum atomic E-state index is 12.9. The molecule has 1 aromatic carbocycles. The zero-order valence-corrected chi connectivity index (χ0v) is 16.6. The number of hydrogen-bond acceptors (Lipinski definition) is 5. The summed E-state index contributed by atoms with van der Waals surface area (Å²) in [6, 6.07) is 5.30. The molecule has 3 rings (SSSR count). The second-order valence-electron chi connectivity index (χ2n) is 7.52. The highest BCUT2D eigenvalue weighted by Crippen LogP contribution is 2.19. The summed E-state index contributed by atoms with van der Waals surface area (Å²) >= 11 is 0. The van der Waals surface area contributed by atoms with E-state index in [1.165, 1.54) is 0 Å². The quantitative estimate of drug-likeness (QED) is 0.358. The summed E-state index contributed by atoms with van der Waals surface area (Å²) in [5.74, 6) is 0.370. The third-order valence-corrected chi connectivity index (χ3v) is 5.28. The number of benzene rings is 1. The molecule has 8 nitrogen and oxygen atoms in total. The van der Waals surface area contributed by atoms with E-state index in [4.69, 9.17) is 5.21 Å². The molecule has 156 valence electrons. The summed E-state index contributed by atoms with van der Waals surface area (Å²) in [7, 11) is 0. The number of hydroxylamine groups is 1. The molecular weight excluding hydrogens is 372 g/mol. The molecule has 2 amide bonds. The van der Waals surface area contributed by atoms with Gasteiger partial charge in [-0.25, -0.2) is 10.5 Å². The molecule has 2 heterocycles. The SMILES string of the molecule is O=C(CCCCCCC(=O)Nc1ccc2nc3n(c(=O)c2c1)CCCCC3)NO. The number of nitrogens with zero attached hydrogens (tertiary/aromatic N) is 2. The van der Waals surface area contributed by atoms with Gasteiger partial charge in [0, 0.05) is 31.5 Å². The first-order valence-corrected chi connectivity index (χ1v) is 10.3. The highest BCUT2D eigenvalue weighted by Gasteiger charge is 2.14. The number of anilines is 1. The molecule has 2 aromatic rings. The van der Waals surface area contributed by atoms with Crippen LogP contribution in [0.2, 0.25) is 0 Å². The topological polar surface area (TPSA) is 113 Å². The first-order chi connectivity index (χ1) is 14.1. The Labute approximate surface area is 169 Å². The second-order valence-corrected chi connectivity index (χ2v) is 7.52. The van der Waals surface area contributed by atoms with Gasteiger partial charge in [0.2, 0.25) is 11.8 Å². The number of carbonyl (C=O) groups is 2. The Kier molecular flexibility index (Phi) is 7.35. The Morgan fingerprint density at radius 1 is 1.03 bits per heavy atom. The van der Waals surface area contributed by atoms with E-state index < -0.39 is 0 Å². The van der Waals surface area contributed by atoms with Crippen molar-refractivity contribution >= 4 is 28.4 Å². The van der Waals surface area contributed by atoms with Crippen molar-refractivity contribution in [2.75, 3.05) is 5.32 Å². The van der Waals surface area contributed by atoms with E-state index in [0.717, 1.165) is 50.8 Å². The van der Waals surface area contributed by atoms with E-state index in [2.05, 4.69) is 10.3 Å². The number of hydrogen-bond donors (Lipinski definition) is 3. The van der Waals surface area contributed by atoms with E-state index in [1.54, 1.807) is 28.2 Å². The number of unbranched alkanes of at least 4 members (excludes halogenated alkanes) is 3. The third kappa shape index (κ3) is 5.63. The summed E-state index contributed by atoms with van der Waals surface area (Å²) in [6.45, 7) is 0.702. The average Bonchev–Trinajstić information content (AvgIpc) is 2.96. The summed E-state index contributed by atoms with van der Waals surface area (Å²) in [5, 5.41) is 11.8. The molecule has 0 spiro atoms. The van der Waals surface area contributed by atoms with Crippen molar-refractivity contribution in [1.82, 2.24) is 15.0 Å². The standard InChI is InChI=1S/C21H28N4O4/c26-19(9-5-1-2-6-10-20(27)24-29)22-15-11-12-17-16(14-15)21(28)25-13-7-3-4-8-18(25)23-17/h11-12,14,29H,1-10,13H2,(H,22,26)(H,24,27). The molecular formula is C21H28N4O4. The van der Waals surface area contributed by atoms with Crippen LogP contribution in [0.25, 0.3) is 10.9 Å². The van der Waals surface area contributed by atoms with Crippen LogP contribution in [0.1, 0.15) is 63.6 Å². The smallest absolute Gasteiger partial charge is 0.261 e. The molecule has 0 unspecified atom stereocenters. The van der Waals surface area contributed by atoms with Crippen LogP contribution >= 0.6 is 0 Å². The van der Waals surface area contributed by atoms with Gasteiger partial charge in [-0.2, -0.15) is 0 Å². The molecule has 1 aliphatic rings. The number of aryl methyl sites for hydroxylation is 1. The lowest BCUT2D eigenvalue weighted by Crippen LogP contribution is -2.24. The summed E-state index contributed by atoms with van der Waals surface area (Å²) in [4.78, 5) is 40.6. The first-order valence-electron chi connectivity index (χ1n) is 10.3. The van der Waals surface area contributed by atoms with Gasteiger partial charge in [-0.05, 0) is 43.9 Å². The normalized spacial score (nSPS) is 13.6. The Morgan fingerprint density at radius 3 is 2.55 bits per heavy atom. The summed E-state index contributed by atoms with van der Waals surface area (Å²) in [5.41, 5.74) is 2.85. The van der Waals surface area contributed by atoms with Crippen LogP contribution in [-0.4, -0.2) is 26.6 Å². The van der Waals surface area contributed by atoms with Gasteiger partial charge in [0.25, 0.3) is 5.56 Å². The fourth-order valence-electron chi connectivity index (χ4n) is 3.70. The Balaban J connectivity index is 1.56. The van der Waals surface area contributed by atoms with Crippen molar-refractivity contribution in [2.24, 2.45) is 0 Å². The maximum absolute atomic E-state index is 12.9. The first kappa shape index (κ1) is 21.0. The van der Waals surface area contributed by atoms with Crippen LogP contribution in [0, 0.1) is 0 Å². The van der Waals surface area contributed by atoms with Crippen LogP contribution in [-0.2, 0) is 22.6 Å². The Hall–Kier alpha value is -2.74. The van der Waals surface area contributed by atoms with Crippen LogP contribution < -0.4 is 16.4 Å². The van der Waals surface area contributed by atoms with Gasteiger partial charge in [0.1, 0.15) is 5.82 Å². The molecule has 1 aromatic heterocycles. The van der Waals surface area contributed by atoms with Crippen molar-refractivity contribution in [3.63, 3.8) is 0 Å². The highest BCUT2D eigenvalue weighted by molar-refractivity contribution is 5.93. The largest absolute Gasteiger partial charge is 0.326 e. The number of aromatic nitrogens is 2. The van der Waals surface area contributed by atoms with Crippen molar-refractivity contribution in [3.05, 3.63) is 34.4 Å². The zero-order valence-electron chi connectivity index (χ0n) is 16.6. The lowest BCUT2D eigenvalue weighted by Gasteiger charge is -2.11. The predicted molar refractivity (Wildman–Crippen MR) is 110 cm³/mol. The number of carbonyl (C=O) groups excluding carboxylic acids is 2. The molecule has 0 radical (unpaired) electrons. The predicted octanol–water partition coefficient (Wildman–Crippen LogP) is 2.91. The van der Waals surface area contributed by atoms with E-state index in [9.17, 15) is 14.4 Å². The molecule has 3 N–H and O–H groups in total. The molecule has 0 atom stereocenters. The maximum Gasteiger partial charge on any atom is 0.261 e. The van der Waals surface area contributed by atoms with Crippen LogP contribution in [0.3, 0.4) is 0 Å². The number of rotatable bonds is 8. The molecule has 0 bridgehead atoms. The van der Waals surface area contributed by atoms with Crippen LogP contribution in [0.4, 0.5) is 5.69 Å². The van der Waals surface area contributed by atoms with Crippen molar-refractivity contribution in [1.29, 1.82) is 0 Å². The van der Waals surface area contributed by atoms with Gasteiger partial charge in [-0.1, -0.05) is 19.3 Å². The van der Waals surface area contributed by atoms with E-state index in [-0.39, 0.29) is 23.8 Å². The van der Waals surface area contributed by atoms with Gasteiger partial charge in [-0.3, -0.25) is 24.2 Å². The molecule has 1 aliphatic heterocycles. The van der Waals surface area contributed by atoms with Gasteiger partial charge in [0.15, 0.2) is 0 Å². The highest BCUT2D eigenvalue weighted by atomic mass is 16.5. The zero-order chi connectivity index (χ0) is 20.6. The number of amides is 2. The van der Waals surface area contributed by atoms with Gasteiger partial charge >= 0.3 is 0 Å². The van der Waals surface area contributed by atoms with Crippen molar-refractivity contribution in [3.8, 4) is 0 Å². The minimum absolute atomic E-state index is 0.0325. The van der Waals surface area contributed by atoms with Gasteiger partial charge in [-0.15, -0.1) is 0 Å². The summed E-state index contributed by atoms with van der Waals surface area (Å²) < 4.78 is 1.78. The molecule has 0 fully saturated rings. The fourth-order valence-corrected chi connectivity index (χ4v) is 3.70.